The molecule has 0 bridgehead atoms. The van der Waals surface area contributed by atoms with Gasteiger partial charge in [-0.2, -0.15) is 0 Å². The predicted octanol–water partition coefficient (Wildman–Crippen LogP) is 2.06. The molecule has 188 valence electrons. The molecule has 1 fully saturated rings. The van der Waals surface area contributed by atoms with E-state index in [1.807, 2.05) is 19.2 Å². The molecule has 0 saturated carbocycles. The number of pyridine rings is 1. The Labute approximate surface area is 210 Å². The molecule has 0 aliphatic carbocycles. The van der Waals surface area contributed by atoms with E-state index >= 15 is 0 Å². The van der Waals surface area contributed by atoms with Crippen LogP contribution in [0.4, 0.5) is 0 Å². The van der Waals surface area contributed by atoms with E-state index in [1.165, 1.54) is 6.08 Å². The molecule has 3 heterocycles. The summed E-state index contributed by atoms with van der Waals surface area (Å²) in [4.78, 5) is 45.0. The van der Waals surface area contributed by atoms with Crippen LogP contribution in [0.15, 0.2) is 54.7 Å². The number of morpholine rings is 1. The molecule has 2 N–H and O–H groups in total. The first kappa shape index (κ1) is 25.1. The van der Waals surface area contributed by atoms with Gasteiger partial charge in [0.1, 0.15) is 0 Å². The summed E-state index contributed by atoms with van der Waals surface area (Å²) < 4.78 is 7.36. The number of nitrogens with zero attached hydrogens (tertiary/aromatic N) is 4. The van der Waals surface area contributed by atoms with Crippen molar-refractivity contribution >= 4 is 34.7 Å². The minimum Gasteiger partial charge on any atom is -0.378 e. The number of amides is 3. The SMILES string of the molecule is CN(Cc1cc2ccccc2n1C)C(=O)C=Cc1ccc(C(CC(=O)N2CCOCC2)C(N)=O)nc1. The molecule has 1 saturated heterocycles. The van der Waals surface area contributed by atoms with Gasteiger partial charge in [-0.3, -0.25) is 19.4 Å². The van der Waals surface area contributed by atoms with Crippen LogP contribution < -0.4 is 5.73 Å². The Hall–Kier alpha value is -3.98. The number of carbonyl (C=O) groups excluding carboxylic acids is 3. The van der Waals surface area contributed by atoms with Crippen LogP contribution in [0.5, 0.6) is 0 Å². The number of likely N-dealkylation sites (N-methyl/N-ethyl adjacent to an activating group) is 1. The van der Waals surface area contributed by atoms with Crippen molar-refractivity contribution in [2.45, 2.75) is 18.9 Å². The summed E-state index contributed by atoms with van der Waals surface area (Å²) in [5.74, 6) is -1.70. The van der Waals surface area contributed by atoms with Crippen LogP contribution in [-0.4, -0.2) is 70.4 Å². The Bertz CT molecular complexity index is 1280. The number of carbonyl (C=O) groups is 3. The number of primary amides is 1. The Morgan fingerprint density at radius 3 is 2.58 bits per heavy atom. The van der Waals surface area contributed by atoms with Gasteiger partial charge in [-0.05, 0) is 35.2 Å². The van der Waals surface area contributed by atoms with Gasteiger partial charge in [-0.1, -0.05) is 24.3 Å². The maximum Gasteiger partial charge on any atom is 0.246 e. The number of aromatic nitrogens is 2. The van der Waals surface area contributed by atoms with E-state index in [-0.39, 0.29) is 18.2 Å². The highest BCUT2D eigenvalue weighted by Gasteiger charge is 2.26. The lowest BCUT2D eigenvalue weighted by Gasteiger charge is -2.28. The lowest BCUT2D eigenvalue weighted by molar-refractivity contribution is -0.137. The van der Waals surface area contributed by atoms with Crippen molar-refractivity contribution in [3.05, 3.63) is 71.7 Å². The summed E-state index contributed by atoms with van der Waals surface area (Å²) in [6.07, 6.45) is 4.70. The molecule has 1 aliphatic heterocycles. The molecule has 3 amide bonds. The third-order valence-corrected chi connectivity index (χ3v) is 6.50. The van der Waals surface area contributed by atoms with E-state index in [0.717, 1.165) is 16.6 Å². The minimum atomic E-state index is -0.813. The second kappa shape index (κ2) is 11.2. The fraction of sp³-hybridized carbons (Fsp3) is 0.333. The van der Waals surface area contributed by atoms with Gasteiger partial charge in [0, 0.05) is 57.1 Å². The number of fused-ring (bicyclic) bond motifs is 1. The maximum atomic E-state index is 12.7. The van der Waals surface area contributed by atoms with Crippen molar-refractivity contribution in [3.8, 4) is 0 Å². The van der Waals surface area contributed by atoms with E-state index in [9.17, 15) is 14.4 Å². The van der Waals surface area contributed by atoms with Crippen molar-refractivity contribution in [1.29, 1.82) is 0 Å². The number of benzene rings is 1. The first-order valence-electron chi connectivity index (χ1n) is 11.9. The molecule has 9 heteroatoms. The van der Waals surface area contributed by atoms with E-state index < -0.39 is 11.8 Å². The zero-order valence-corrected chi connectivity index (χ0v) is 20.6. The van der Waals surface area contributed by atoms with Crippen LogP contribution in [0.1, 0.15) is 29.3 Å². The first-order valence-corrected chi connectivity index (χ1v) is 11.9. The highest BCUT2D eigenvalue weighted by atomic mass is 16.5. The van der Waals surface area contributed by atoms with Crippen molar-refractivity contribution < 1.29 is 19.1 Å². The van der Waals surface area contributed by atoms with Gasteiger partial charge < -0.3 is 24.8 Å². The van der Waals surface area contributed by atoms with Gasteiger partial charge in [0.2, 0.25) is 17.7 Å². The molecular weight excluding hydrogens is 458 g/mol. The summed E-state index contributed by atoms with van der Waals surface area (Å²) in [6.45, 7) is 2.46. The Kier molecular flexibility index (Phi) is 7.80. The quantitative estimate of drug-likeness (QED) is 0.487. The van der Waals surface area contributed by atoms with E-state index in [4.69, 9.17) is 10.5 Å². The Balaban J connectivity index is 1.37. The third-order valence-electron chi connectivity index (χ3n) is 6.50. The van der Waals surface area contributed by atoms with Crippen molar-refractivity contribution in [1.82, 2.24) is 19.4 Å². The van der Waals surface area contributed by atoms with Crippen LogP contribution in [0.25, 0.3) is 17.0 Å². The number of rotatable bonds is 8. The minimum absolute atomic E-state index is 0.0328. The van der Waals surface area contributed by atoms with Gasteiger partial charge in [-0.25, -0.2) is 0 Å². The number of hydrogen-bond donors (Lipinski definition) is 1. The average molecular weight is 490 g/mol. The number of para-hydroxylation sites is 1. The number of nitrogens with two attached hydrogens (primary N) is 1. The zero-order chi connectivity index (χ0) is 25.7. The highest BCUT2D eigenvalue weighted by molar-refractivity contribution is 5.92. The predicted molar refractivity (Wildman–Crippen MR) is 137 cm³/mol. The molecule has 9 nitrogen and oxygen atoms in total. The van der Waals surface area contributed by atoms with Crippen molar-refractivity contribution in [2.75, 3.05) is 33.4 Å². The summed E-state index contributed by atoms with van der Waals surface area (Å²) in [5, 5.41) is 1.14. The van der Waals surface area contributed by atoms with Crippen LogP contribution in [0.3, 0.4) is 0 Å². The van der Waals surface area contributed by atoms with Crippen LogP contribution >= 0.6 is 0 Å². The van der Waals surface area contributed by atoms with E-state index in [2.05, 4.69) is 27.8 Å². The second-order valence-corrected chi connectivity index (χ2v) is 8.95. The standard InChI is InChI=1S/C27H31N5O4/c1-30(18-21-15-20-5-3-4-6-24(20)31(21)2)25(33)10-8-19-7-9-23(29-17-19)22(27(28)35)16-26(34)32-11-13-36-14-12-32/h3-10,15,17,22H,11-14,16,18H2,1-2H3,(H2,28,35). The zero-order valence-electron chi connectivity index (χ0n) is 20.6. The smallest absolute Gasteiger partial charge is 0.246 e. The fourth-order valence-electron chi connectivity index (χ4n) is 4.30. The normalized spacial score (nSPS) is 14.8. The lowest BCUT2D eigenvalue weighted by Crippen LogP contribution is -2.42. The largest absolute Gasteiger partial charge is 0.378 e. The topological polar surface area (TPSA) is 111 Å². The molecule has 1 atom stereocenters. The first-order chi connectivity index (χ1) is 17.3. The second-order valence-electron chi connectivity index (χ2n) is 8.95. The van der Waals surface area contributed by atoms with E-state index in [0.29, 0.717) is 44.1 Å². The lowest BCUT2D eigenvalue weighted by atomic mass is 9.98. The van der Waals surface area contributed by atoms with Gasteiger partial charge in [-0.15, -0.1) is 0 Å². The Morgan fingerprint density at radius 2 is 1.92 bits per heavy atom. The monoisotopic (exact) mass is 489 g/mol. The van der Waals surface area contributed by atoms with Crippen LogP contribution in [0.2, 0.25) is 0 Å². The summed E-state index contributed by atoms with van der Waals surface area (Å²) in [7, 11) is 3.75. The molecule has 2 aromatic heterocycles. The van der Waals surface area contributed by atoms with Crippen molar-refractivity contribution in [2.24, 2.45) is 12.8 Å². The third kappa shape index (κ3) is 5.80. The maximum absolute atomic E-state index is 12.7. The molecule has 3 aromatic rings. The molecular formula is C27H31N5O4. The number of hydrogen-bond acceptors (Lipinski definition) is 5. The summed E-state index contributed by atoms with van der Waals surface area (Å²) in [5.41, 5.74) is 8.87. The molecule has 0 spiro atoms. The molecule has 1 unspecified atom stereocenters. The van der Waals surface area contributed by atoms with Gasteiger partial charge >= 0.3 is 0 Å². The van der Waals surface area contributed by atoms with Gasteiger partial charge in [0.15, 0.2) is 0 Å². The van der Waals surface area contributed by atoms with Gasteiger partial charge in [0.25, 0.3) is 0 Å². The van der Waals surface area contributed by atoms with E-state index in [1.54, 1.807) is 41.3 Å². The molecule has 4 rings (SSSR count). The van der Waals surface area contributed by atoms with Crippen molar-refractivity contribution in [3.63, 3.8) is 0 Å². The average Bonchev–Trinajstić information content (AvgIpc) is 3.21. The number of aryl methyl sites for hydroxylation is 1. The fourth-order valence-corrected chi connectivity index (χ4v) is 4.30. The molecule has 0 radical (unpaired) electrons. The molecule has 1 aliphatic rings. The number of ether oxygens (including phenoxy) is 1. The summed E-state index contributed by atoms with van der Waals surface area (Å²) >= 11 is 0. The highest BCUT2D eigenvalue weighted by Crippen LogP contribution is 2.21. The molecule has 36 heavy (non-hydrogen) atoms. The van der Waals surface area contributed by atoms with Crippen LogP contribution in [0, 0.1) is 0 Å². The van der Waals surface area contributed by atoms with Gasteiger partial charge in [0.05, 0.1) is 31.4 Å². The molecule has 1 aromatic carbocycles. The van der Waals surface area contributed by atoms with Crippen LogP contribution in [-0.2, 0) is 32.7 Å². The Morgan fingerprint density at radius 1 is 1.17 bits per heavy atom. The summed E-state index contributed by atoms with van der Waals surface area (Å²) in [6, 6.07) is 13.6.